The lowest BCUT2D eigenvalue weighted by Crippen LogP contribution is -2.60. The van der Waals surface area contributed by atoms with Crippen molar-refractivity contribution in [3.05, 3.63) is 36.5 Å². The molecule has 1 fully saturated rings. The molecule has 7 atom stereocenters. The van der Waals surface area contributed by atoms with Crippen molar-refractivity contribution in [3.63, 3.8) is 0 Å². The molecule has 0 aromatic rings. The van der Waals surface area contributed by atoms with Crippen LogP contribution in [-0.4, -0.2) is 87.5 Å². The van der Waals surface area contributed by atoms with Gasteiger partial charge in [0.1, 0.15) is 24.4 Å². The number of nitrogens with one attached hydrogen (secondary N) is 1. The van der Waals surface area contributed by atoms with Gasteiger partial charge in [-0.05, 0) is 44.9 Å². The SMILES string of the molecule is CCCCCCC/C=C/CC/C=C/CC/C=C/C(O)C(COC1OC(CO)C(O)C(O)C1O)NC(=O)CCCCCCCCCCCCCCCCCCC. The first-order chi connectivity index (χ1) is 26.8. The summed E-state index contributed by atoms with van der Waals surface area (Å²) >= 11 is 0. The van der Waals surface area contributed by atoms with Gasteiger partial charge in [0.25, 0.3) is 0 Å². The Balaban J connectivity index is 2.39. The Hall–Kier alpha value is -1.59. The van der Waals surface area contributed by atoms with Gasteiger partial charge in [0.2, 0.25) is 5.91 Å². The second-order valence-electron chi connectivity index (χ2n) is 15.8. The molecule has 1 aliphatic heterocycles. The van der Waals surface area contributed by atoms with Crippen molar-refractivity contribution in [2.45, 2.75) is 236 Å². The zero-order valence-corrected chi connectivity index (χ0v) is 35.2. The summed E-state index contributed by atoms with van der Waals surface area (Å²) in [5, 5.41) is 54.1. The Morgan fingerprint density at radius 3 is 1.53 bits per heavy atom. The van der Waals surface area contributed by atoms with Gasteiger partial charge in [-0.25, -0.2) is 0 Å². The zero-order valence-electron chi connectivity index (χ0n) is 35.2. The first-order valence-corrected chi connectivity index (χ1v) is 22.7. The third-order valence-electron chi connectivity index (χ3n) is 10.7. The molecule has 0 saturated carbocycles. The molecular weight excluding hydrogens is 695 g/mol. The van der Waals surface area contributed by atoms with Crippen LogP contribution in [0.5, 0.6) is 0 Å². The fraction of sp³-hybridized carbons (Fsp3) is 0.848. The number of amides is 1. The van der Waals surface area contributed by atoms with Crippen LogP contribution in [0.4, 0.5) is 0 Å². The van der Waals surface area contributed by atoms with Crippen molar-refractivity contribution in [1.82, 2.24) is 5.32 Å². The summed E-state index contributed by atoms with van der Waals surface area (Å²) < 4.78 is 11.2. The lowest BCUT2D eigenvalue weighted by Gasteiger charge is -2.40. The Morgan fingerprint density at radius 2 is 1.04 bits per heavy atom. The van der Waals surface area contributed by atoms with E-state index in [0.29, 0.717) is 6.42 Å². The van der Waals surface area contributed by atoms with Crippen molar-refractivity contribution in [3.8, 4) is 0 Å². The first-order valence-electron chi connectivity index (χ1n) is 22.7. The fourth-order valence-electron chi connectivity index (χ4n) is 7.01. The van der Waals surface area contributed by atoms with Gasteiger partial charge >= 0.3 is 0 Å². The number of rotatable bonds is 37. The van der Waals surface area contributed by atoms with Crippen LogP contribution in [-0.2, 0) is 14.3 Å². The van der Waals surface area contributed by atoms with E-state index in [1.54, 1.807) is 6.08 Å². The molecule has 6 N–H and O–H groups in total. The Labute approximate surface area is 336 Å². The number of ether oxygens (including phenoxy) is 2. The molecule has 322 valence electrons. The molecule has 9 heteroatoms. The molecule has 1 heterocycles. The lowest BCUT2D eigenvalue weighted by molar-refractivity contribution is -0.302. The van der Waals surface area contributed by atoms with E-state index >= 15 is 0 Å². The smallest absolute Gasteiger partial charge is 0.220 e. The largest absolute Gasteiger partial charge is 0.394 e. The van der Waals surface area contributed by atoms with E-state index in [2.05, 4.69) is 43.5 Å². The maximum atomic E-state index is 12.9. The summed E-state index contributed by atoms with van der Waals surface area (Å²) in [6.45, 7) is 3.73. The van der Waals surface area contributed by atoms with Gasteiger partial charge in [-0.15, -0.1) is 0 Å². The van der Waals surface area contributed by atoms with Crippen molar-refractivity contribution in [1.29, 1.82) is 0 Å². The average molecular weight is 780 g/mol. The fourth-order valence-corrected chi connectivity index (χ4v) is 7.01. The van der Waals surface area contributed by atoms with Crippen LogP contribution in [0.2, 0.25) is 0 Å². The minimum Gasteiger partial charge on any atom is -0.394 e. The van der Waals surface area contributed by atoms with Crippen LogP contribution in [0.15, 0.2) is 36.5 Å². The summed E-state index contributed by atoms with van der Waals surface area (Å²) in [7, 11) is 0. The Kier molecular flexibility index (Phi) is 34.3. The van der Waals surface area contributed by atoms with Gasteiger partial charge in [-0.2, -0.15) is 0 Å². The predicted octanol–water partition coefficient (Wildman–Crippen LogP) is 9.28. The molecule has 1 aliphatic rings. The van der Waals surface area contributed by atoms with E-state index < -0.39 is 49.5 Å². The van der Waals surface area contributed by atoms with Gasteiger partial charge in [0.05, 0.1) is 25.4 Å². The van der Waals surface area contributed by atoms with Crippen LogP contribution < -0.4 is 5.32 Å². The molecule has 1 amide bonds. The lowest BCUT2D eigenvalue weighted by atomic mass is 9.99. The topological polar surface area (TPSA) is 149 Å². The quantitative estimate of drug-likeness (QED) is 0.0270. The normalized spacial score (nSPS) is 21.6. The van der Waals surface area contributed by atoms with Gasteiger partial charge < -0.3 is 40.3 Å². The van der Waals surface area contributed by atoms with Crippen LogP contribution in [0.1, 0.15) is 194 Å². The molecule has 0 aromatic heterocycles. The summed E-state index contributed by atoms with van der Waals surface area (Å²) in [6.07, 6.45) is 37.6. The summed E-state index contributed by atoms with van der Waals surface area (Å²) in [5.74, 6) is -0.190. The van der Waals surface area contributed by atoms with Crippen molar-refractivity contribution < 1.29 is 39.8 Å². The molecule has 1 saturated heterocycles. The third kappa shape index (κ3) is 27.6. The highest BCUT2D eigenvalue weighted by Gasteiger charge is 2.44. The Morgan fingerprint density at radius 1 is 0.600 bits per heavy atom. The first kappa shape index (κ1) is 51.4. The van der Waals surface area contributed by atoms with E-state index in [1.807, 2.05) is 6.08 Å². The molecule has 0 spiro atoms. The van der Waals surface area contributed by atoms with E-state index in [4.69, 9.17) is 9.47 Å². The number of hydrogen-bond donors (Lipinski definition) is 6. The molecule has 7 unspecified atom stereocenters. The average Bonchev–Trinajstić information content (AvgIpc) is 3.18. The highest BCUT2D eigenvalue weighted by atomic mass is 16.7. The standard InChI is InChI=1S/C46H85NO8/c1-3-5-7-9-11-13-15-17-19-20-22-24-26-28-30-32-34-36-42(50)47-39(38-54-46-45(53)44(52)43(51)41(37-48)55-46)40(49)35-33-31-29-27-25-23-21-18-16-14-12-10-8-6-4-2/h16,18,25,27,33,35,39-41,43-46,48-49,51-53H,3-15,17,19-24,26,28-32,34,36-38H2,1-2H3,(H,47,50)/b18-16+,27-25+,35-33+. The van der Waals surface area contributed by atoms with Crippen LogP contribution >= 0.6 is 0 Å². The molecule has 1 rings (SSSR count). The van der Waals surface area contributed by atoms with Crippen molar-refractivity contribution >= 4 is 5.91 Å². The van der Waals surface area contributed by atoms with E-state index in [-0.39, 0.29) is 12.5 Å². The number of carbonyl (C=O) groups is 1. The molecule has 55 heavy (non-hydrogen) atoms. The second kappa shape index (κ2) is 36.7. The molecule has 0 radical (unpaired) electrons. The van der Waals surface area contributed by atoms with Crippen LogP contribution in [0, 0.1) is 0 Å². The summed E-state index contributed by atoms with van der Waals surface area (Å²) in [6, 6.07) is -0.823. The van der Waals surface area contributed by atoms with E-state index in [1.165, 1.54) is 122 Å². The van der Waals surface area contributed by atoms with Gasteiger partial charge in [0, 0.05) is 6.42 Å². The molecule has 0 bridgehead atoms. The minimum absolute atomic E-state index is 0.190. The number of aliphatic hydroxyl groups is 5. The zero-order chi connectivity index (χ0) is 40.2. The number of allylic oxidation sites excluding steroid dienone is 5. The van der Waals surface area contributed by atoms with Crippen LogP contribution in [0.3, 0.4) is 0 Å². The van der Waals surface area contributed by atoms with Crippen molar-refractivity contribution in [2.24, 2.45) is 0 Å². The molecule has 0 aromatic carbocycles. The highest BCUT2D eigenvalue weighted by Crippen LogP contribution is 2.22. The number of unbranched alkanes of at least 4 members (excludes halogenated alkanes) is 23. The third-order valence-corrected chi connectivity index (χ3v) is 10.7. The molecular formula is C46H85NO8. The van der Waals surface area contributed by atoms with Gasteiger partial charge in [-0.3, -0.25) is 4.79 Å². The predicted molar refractivity (Wildman–Crippen MR) is 226 cm³/mol. The second-order valence-corrected chi connectivity index (χ2v) is 15.8. The maximum absolute atomic E-state index is 12.9. The van der Waals surface area contributed by atoms with Gasteiger partial charge in [0.15, 0.2) is 6.29 Å². The van der Waals surface area contributed by atoms with Gasteiger partial charge in [-0.1, -0.05) is 179 Å². The minimum atomic E-state index is -1.57. The van der Waals surface area contributed by atoms with Crippen LogP contribution in [0.25, 0.3) is 0 Å². The monoisotopic (exact) mass is 780 g/mol. The van der Waals surface area contributed by atoms with E-state index in [9.17, 15) is 30.3 Å². The summed E-state index contributed by atoms with van der Waals surface area (Å²) in [5.41, 5.74) is 0. The Bertz CT molecular complexity index is 956. The van der Waals surface area contributed by atoms with E-state index in [0.717, 1.165) is 51.4 Å². The number of aliphatic hydroxyl groups excluding tert-OH is 5. The number of hydrogen-bond acceptors (Lipinski definition) is 8. The van der Waals surface area contributed by atoms with Crippen molar-refractivity contribution in [2.75, 3.05) is 13.2 Å². The maximum Gasteiger partial charge on any atom is 0.220 e. The molecule has 9 nitrogen and oxygen atoms in total. The molecule has 0 aliphatic carbocycles. The highest BCUT2D eigenvalue weighted by molar-refractivity contribution is 5.76. The number of carbonyl (C=O) groups excluding carboxylic acids is 1. The summed E-state index contributed by atoms with van der Waals surface area (Å²) in [4.78, 5) is 12.9.